The minimum atomic E-state index is -1.07. The molecule has 0 saturated heterocycles. The van der Waals surface area contributed by atoms with Crippen molar-refractivity contribution in [3.8, 4) is 5.75 Å². The Hall–Kier alpha value is -1.51. The summed E-state index contributed by atoms with van der Waals surface area (Å²) in [6.07, 6.45) is 7.94. The average molecular weight is 278 g/mol. The zero-order valence-electron chi connectivity index (χ0n) is 12.6. The first kappa shape index (κ1) is 16.5. The van der Waals surface area contributed by atoms with Crippen LogP contribution >= 0.6 is 0 Å². The van der Waals surface area contributed by atoms with Crippen LogP contribution in [-0.4, -0.2) is 16.2 Å². The summed E-state index contributed by atoms with van der Waals surface area (Å²) in [6.45, 7) is 4.50. The van der Waals surface area contributed by atoms with Crippen molar-refractivity contribution in [1.29, 1.82) is 0 Å². The van der Waals surface area contributed by atoms with Crippen LogP contribution in [0.3, 0.4) is 0 Å². The number of benzene rings is 1. The Bertz CT molecular complexity index is 424. The predicted octanol–water partition coefficient (Wildman–Crippen LogP) is 4.63. The van der Waals surface area contributed by atoms with Crippen LogP contribution in [0.15, 0.2) is 18.2 Å². The molecule has 0 atom stereocenters. The van der Waals surface area contributed by atoms with E-state index in [9.17, 15) is 9.90 Å². The molecule has 3 nitrogen and oxygen atoms in total. The molecule has 0 aliphatic rings. The van der Waals surface area contributed by atoms with Gasteiger partial charge in [-0.05, 0) is 30.4 Å². The van der Waals surface area contributed by atoms with E-state index in [1.54, 1.807) is 12.1 Å². The summed E-state index contributed by atoms with van der Waals surface area (Å²) in [4.78, 5) is 10.9. The normalized spacial score (nSPS) is 10.9. The largest absolute Gasteiger partial charge is 0.507 e. The van der Waals surface area contributed by atoms with Crippen LogP contribution in [0.4, 0.5) is 0 Å². The molecule has 0 aromatic heterocycles. The molecule has 0 heterocycles. The number of hydrogen-bond donors (Lipinski definition) is 2. The van der Waals surface area contributed by atoms with E-state index in [0.717, 1.165) is 30.7 Å². The van der Waals surface area contributed by atoms with Crippen LogP contribution in [-0.2, 0) is 6.42 Å². The Balaban J connectivity index is 2.29. The van der Waals surface area contributed by atoms with E-state index in [-0.39, 0.29) is 11.3 Å². The van der Waals surface area contributed by atoms with Crippen LogP contribution in [0.5, 0.6) is 5.75 Å². The molecular formula is C17H26O3. The first-order valence-corrected chi connectivity index (χ1v) is 7.56. The molecule has 0 radical (unpaired) electrons. The molecule has 0 unspecified atom stereocenters. The van der Waals surface area contributed by atoms with Gasteiger partial charge in [-0.25, -0.2) is 4.79 Å². The van der Waals surface area contributed by atoms with Gasteiger partial charge in [-0.1, -0.05) is 58.1 Å². The number of hydrogen-bond acceptors (Lipinski definition) is 2. The molecule has 0 aliphatic carbocycles. The molecule has 20 heavy (non-hydrogen) atoms. The van der Waals surface area contributed by atoms with Crippen molar-refractivity contribution in [2.45, 2.75) is 58.8 Å². The van der Waals surface area contributed by atoms with Gasteiger partial charge in [0.1, 0.15) is 11.3 Å². The van der Waals surface area contributed by atoms with Crippen molar-refractivity contribution in [3.63, 3.8) is 0 Å². The Morgan fingerprint density at radius 2 is 1.75 bits per heavy atom. The Morgan fingerprint density at radius 1 is 1.10 bits per heavy atom. The third-order valence-electron chi connectivity index (χ3n) is 3.58. The van der Waals surface area contributed by atoms with Crippen molar-refractivity contribution in [2.24, 2.45) is 5.92 Å². The van der Waals surface area contributed by atoms with Gasteiger partial charge >= 0.3 is 5.97 Å². The number of carbonyl (C=O) groups is 1. The fourth-order valence-electron chi connectivity index (χ4n) is 2.36. The number of aromatic carboxylic acids is 1. The van der Waals surface area contributed by atoms with E-state index in [4.69, 9.17) is 5.11 Å². The Labute approximate surface area is 121 Å². The van der Waals surface area contributed by atoms with Crippen LogP contribution in [0, 0.1) is 5.92 Å². The molecule has 0 saturated carbocycles. The van der Waals surface area contributed by atoms with E-state index < -0.39 is 5.97 Å². The maximum absolute atomic E-state index is 10.9. The van der Waals surface area contributed by atoms with Gasteiger partial charge in [0, 0.05) is 0 Å². The SMILES string of the molecule is CC(C)CCCCCCCc1cccc(C(=O)O)c1O. The third-order valence-corrected chi connectivity index (χ3v) is 3.58. The van der Waals surface area contributed by atoms with Crippen molar-refractivity contribution >= 4 is 5.97 Å². The monoisotopic (exact) mass is 278 g/mol. The molecule has 0 bridgehead atoms. The van der Waals surface area contributed by atoms with Crippen LogP contribution in [0.2, 0.25) is 0 Å². The van der Waals surface area contributed by atoms with Crippen molar-refractivity contribution in [1.82, 2.24) is 0 Å². The number of aromatic hydroxyl groups is 1. The highest BCUT2D eigenvalue weighted by atomic mass is 16.4. The smallest absolute Gasteiger partial charge is 0.339 e. The highest BCUT2D eigenvalue weighted by Crippen LogP contribution is 2.24. The van der Waals surface area contributed by atoms with Crippen molar-refractivity contribution in [2.75, 3.05) is 0 Å². The van der Waals surface area contributed by atoms with Gasteiger partial charge in [-0.3, -0.25) is 0 Å². The first-order valence-electron chi connectivity index (χ1n) is 7.56. The molecule has 1 aromatic rings. The number of unbranched alkanes of at least 4 members (excludes halogenated alkanes) is 4. The molecule has 1 rings (SSSR count). The zero-order chi connectivity index (χ0) is 15.0. The first-order chi connectivity index (χ1) is 9.52. The maximum Gasteiger partial charge on any atom is 0.339 e. The van der Waals surface area contributed by atoms with Gasteiger partial charge in [-0.2, -0.15) is 0 Å². The summed E-state index contributed by atoms with van der Waals surface area (Å²) >= 11 is 0. The summed E-state index contributed by atoms with van der Waals surface area (Å²) < 4.78 is 0. The molecule has 2 N–H and O–H groups in total. The summed E-state index contributed by atoms with van der Waals surface area (Å²) in [5.41, 5.74) is 0.742. The van der Waals surface area contributed by atoms with E-state index in [1.807, 2.05) is 0 Å². The maximum atomic E-state index is 10.9. The lowest BCUT2D eigenvalue weighted by atomic mass is 10.0. The van der Waals surface area contributed by atoms with Crippen molar-refractivity contribution < 1.29 is 15.0 Å². The van der Waals surface area contributed by atoms with Crippen LogP contribution in [0.25, 0.3) is 0 Å². The summed E-state index contributed by atoms with van der Waals surface area (Å²) in [5, 5.41) is 18.8. The molecule has 3 heteroatoms. The zero-order valence-corrected chi connectivity index (χ0v) is 12.6. The molecule has 112 valence electrons. The molecule has 0 fully saturated rings. The second kappa shape index (κ2) is 8.62. The number of phenols is 1. The molecule has 0 aliphatic heterocycles. The quantitative estimate of drug-likeness (QED) is 0.647. The van der Waals surface area contributed by atoms with Crippen LogP contribution < -0.4 is 0 Å². The third kappa shape index (κ3) is 5.64. The van der Waals surface area contributed by atoms with E-state index in [2.05, 4.69) is 13.8 Å². The number of para-hydroxylation sites is 1. The minimum Gasteiger partial charge on any atom is -0.507 e. The van der Waals surface area contributed by atoms with Gasteiger partial charge in [0.05, 0.1) is 0 Å². The number of aryl methyl sites for hydroxylation is 1. The lowest BCUT2D eigenvalue weighted by molar-refractivity contribution is 0.0693. The fourth-order valence-corrected chi connectivity index (χ4v) is 2.36. The van der Waals surface area contributed by atoms with Gasteiger partial charge in [0.2, 0.25) is 0 Å². The lowest BCUT2D eigenvalue weighted by Gasteiger charge is -2.07. The molecule has 0 amide bonds. The summed E-state index contributed by atoms with van der Waals surface area (Å²) in [6, 6.07) is 4.94. The molecular weight excluding hydrogens is 252 g/mol. The Kier molecular flexibility index (Phi) is 7.13. The number of carboxylic acid groups (broad SMARTS) is 1. The van der Waals surface area contributed by atoms with E-state index in [0.29, 0.717) is 0 Å². The molecule has 0 spiro atoms. The summed E-state index contributed by atoms with van der Waals surface area (Å²) in [7, 11) is 0. The van der Waals surface area contributed by atoms with Gasteiger partial charge in [-0.15, -0.1) is 0 Å². The number of carboxylic acids is 1. The lowest BCUT2D eigenvalue weighted by Crippen LogP contribution is -1.99. The second-order valence-corrected chi connectivity index (χ2v) is 5.82. The van der Waals surface area contributed by atoms with Gasteiger partial charge < -0.3 is 10.2 Å². The van der Waals surface area contributed by atoms with Crippen LogP contribution in [0.1, 0.15) is 68.3 Å². The molecule has 1 aromatic carbocycles. The Morgan fingerprint density at radius 3 is 2.40 bits per heavy atom. The number of rotatable bonds is 9. The van der Waals surface area contributed by atoms with E-state index >= 15 is 0 Å². The topological polar surface area (TPSA) is 57.5 Å². The van der Waals surface area contributed by atoms with Gasteiger partial charge in [0.15, 0.2) is 0 Å². The standard InChI is InChI=1S/C17H26O3/c1-13(2)9-6-4-3-5-7-10-14-11-8-12-15(16(14)18)17(19)20/h8,11-13,18H,3-7,9-10H2,1-2H3,(H,19,20). The predicted molar refractivity (Wildman–Crippen MR) is 81.3 cm³/mol. The van der Waals surface area contributed by atoms with Crippen molar-refractivity contribution in [3.05, 3.63) is 29.3 Å². The second-order valence-electron chi connectivity index (χ2n) is 5.82. The minimum absolute atomic E-state index is 0.000525. The average Bonchev–Trinajstić information content (AvgIpc) is 2.38. The van der Waals surface area contributed by atoms with Gasteiger partial charge in [0.25, 0.3) is 0 Å². The summed E-state index contributed by atoms with van der Waals surface area (Å²) in [5.74, 6) is -0.358. The highest BCUT2D eigenvalue weighted by Gasteiger charge is 2.12. The highest BCUT2D eigenvalue weighted by molar-refractivity contribution is 5.91. The fraction of sp³-hybridized carbons (Fsp3) is 0.588. The van der Waals surface area contributed by atoms with E-state index in [1.165, 1.54) is 31.7 Å².